The average molecular weight is 871 g/mol. The van der Waals surface area contributed by atoms with Gasteiger partial charge in [0.2, 0.25) is 0 Å². The maximum absolute atomic E-state index is 13.0. The van der Waals surface area contributed by atoms with E-state index in [0.717, 1.165) is 48.7 Å². The predicted molar refractivity (Wildman–Crippen MR) is 234 cm³/mol. The molecule has 0 fully saturated rings. The van der Waals surface area contributed by atoms with Crippen LogP contribution in [0.15, 0.2) is 92.8 Å². The van der Waals surface area contributed by atoms with Crippen LogP contribution in [-0.4, -0.2) is 66.4 Å². The van der Waals surface area contributed by atoms with Gasteiger partial charge in [0.15, 0.2) is 22.3 Å². The monoisotopic (exact) mass is 868 g/mol. The van der Waals surface area contributed by atoms with Crippen molar-refractivity contribution in [2.24, 2.45) is 20.0 Å². The lowest BCUT2D eigenvalue weighted by Gasteiger charge is -2.14. The van der Waals surface area contributed by atoms with Crippen LogP contribution in [-0.2, 0) is 13.1 Å². The number of rotatable bonds is 8. The van der Waals surface area contributed by atoms with E-state index in [2.05, 4.69) is 51.9 Å². The van der Waals surface area contributed by atoms with E-state index in [1.807, 2.05) is 12.5 Å². The van der Waals surface area contributed by atoms with Gasteiger partial charge in [0.1, 0.15) is 11.6 Å². The van der Waals surface area contributed by atoms with Crippen molar-refractivity contribution in [3.05, 3.63) is 116 Å². The van der Waals surface area contributed by atoms with Crippen molar-refractivity contribution < 1.29 is 14.3 Å². The Morgan fingerprint density at radius 1 is 0.636 bits per heavy atom. The van der Waals surface area contributed by atoms with Crippen LogP contribution in [0.25, 0.3) is 0 Å². The first-order valence-electron chi connectivity index (χ1n) is 16.4. The molecule has 0 radical (unpaired) electrons. The fraction of sp³-hybridized carbons (Fsp3) is 0.222. The van der Waals surface area contributed by atoms with E-state index >= 15 is 0 Å². The van der Waals surface area contributed by atoms with Crippen LogP contribution >= 0.6 is 69.9 Å². The third-order valence-corrected chi connectivity index (χ3v) is 9.87. The van der Waals surface area contributed by atoms with Crippen molar-refractivity contribution >= 4 is 115 Å². The molecule has 2 aliphatic heterocycles. The SMILES string of the molecule is CSC(=NCc1ccc(F)cc1)Nc1cc(Cl)c(NC2=NCCN2)c(Cl)c1.CSC(=NCc1ccc(F)cc1)Nc1cc(Cl)c(NC2=NCCN2)c(Cl)c1.O. The van der Waals surface area contributed by atoms with Gasteiger partial charge in [0.25, 0.3) is 0 Å². The van der Waals surface area contributed by atoms with Gasteiger partial charge in [-0.05, 0) is 72.2 Å². The van der Waals surface area contributed by atoms with E-state index < -0.39 is 0 Å². The molecule has 0 amide bonds. The number of hydrogen-bond donors (Lipinski definition) is 6. The lowest BCUT2D eigenvalue weighted by molar-refractivity contribution is 0.626. The van der Waals surface area contributed by atoms with Crippen LogP contribution in [0.1, 0.15) is 11.1 Å². The van der Waals surface area contributed by atoms with Gasteiger partial charge in [-0.1, -0.05) is 94.2 Å². The first-order valence-corrected chi connectivity index (χ1v) is 20.3. The molecule has 0 aliphatic carbocycles. The molecule has 11 nitrogen and oxygen atoms in total. The van der Waals surface area contributed by atoms with Crippen molar-refractivity contribution in [1.29, 1.82) is 0 Å². The number of halogens is 6. The van der Waals surface area contributed by atoms with E-state index in [0.29, 0.717) is 66.8 Å². The highest BCUT2D eigenvalue weighted by atomic mass is 35.5. The minimum atomic E-state index is -0.261. The number of thioether (sulfide) groups is 2. The summed E-state index contributed by atoms with van der Waals surface area (Å²) in [5, 5.41) is 22.1. The van der Waals surface area contributed by atoms with Gasteiger partial charge in [-0.2, -0.15) is 0 Å². The molecular weight excluding hydrogens is 832 g/mol. The zero-order valence-corrected chi connectivity index (χ0v) is 34.2. The van der Waals surface area contributed by atoms with Crippen molar-refractivity contribution in [2.75, 3.05) is 60.0 Å². The summed E-state index contributed by atoms with van der Waals surface area (Å²) in [6.45, 7) is 3.90. The van der Waals surface area contributed by atoms with Gasteiger partial charge in [-0.15, -0.1) is 0 Å². The molecule has 2 heterocycles. The highest BCUT2D eigenvalue weighted by molar-refractivity contribution is 8.13. The Morgan fingerprint density at radius 3 is 1.27 bits per heavy atom. The van der Waals surface area contributed by atoms with Gasteiger partial charge in [0.05, 0.1) is 57.6 Å². The van der Waals surface area contributed by atoms with Crippen molar-refractivity contribution in [1.82, 2.24) is 10.6 Å². The van der Waals surface area contributed by atoms with E-state index in [1.54, 1.807) is 48.5 Å². The highest BCUT2D eigenvalue weighted by Gasteiger charge is 2.15. The molecule has 0 saturated heterocycles. The minimum Gasteiger partial charge on any atom is -0.412 e. The summed E-state index contributed by atoms with van der Waals surface area (Å²) in [7, 11) is 0. The van der Waals surface area contributed by atoms with Crippen molar-refractivity contribution in [2.45, 2.75) is 13.1 Å². The molecule has 55 heavy (non-hydrogen) atoms. The zero-order chi connectivity index (χ0) is 38.5. The van der Waals surface area contributed by atoms with Crippen LogP contribution < -0.4 is 31.9 Å². The van der Waals surface area contributed by atoms with Gasteiger partial charge >= 0.3 is 0 Å². The summed E-state index contributed by atoms with van der Waals surface area (Å²) in [6, 6.07) is 19.6. The molecule has 4 aromatic rings. The molecular formula is C36H38Cl4F2N10OS2. The molecule has 0 unspecified atom stereocenters. The molecule has 0 spiro atoms. The summed E-state index contributed by atoms with van der Waals surface area (Å²) < 4.78 is 26.0. The normalized spacial score (nSPS) is 13.7. The molecule has 8 N–H and O–H groups in total. The molecule has 0 saturated carbocycles. The number of aliphatic imine (C=N–C) groups is 4. The molecule has 0 bridgehead atoms. The van der Waals surface area contributed by atoms with Crippen LogP contribution in [0.5, 0.6) is 0 Å². The topological polar surface area (TPSA) is 153 Å². The predicted octanol–water partition coefficient (Wildman–Crippen LogP) is 8.84. The van der Waals surface area contributed by atoms with Crippen LogP contribution in [0.3, 0.4) is 0 Å². The number of anilines is 4. The summed E-state index contributed by atoms with van der Waals surface area (Å²) in [4.78, 5) is 17.6. The van der Waals surface area contributed by atoms with Gasteiger partial charge in [-0.25, -0.2) is 8.78 Å². The largest absolute Gasteiger partial charge is 0.412 e. The smallest absolute Gasteiger partial charge is 0.196 e. The number of hydrogen-bond acceptors (Lipinski definition) is 10. The Morgan fingerprint density at radius 2 is 0.982 bits per heavy atom. The lowest BCUT2D eigenvalue weighted by atomic mass is 10.2. The molecule has 2 aliphatic rings. The van der Waals surface area contributed by atoms with Crippen molar-refractivity contribution in [3.63, 3.8) is 0 Å². The van der Waals surface area contributed by atoms with Crippen LogP contribution in [0.2, 0.25) is 20.1 Å². The number of nitrogens with one attached hydrogen (secondary N) is 6. The van der Waals surface area contributed by atoms with E-state index in [-0.39, 0.29) is 17.1 Å². The van der Waals surface area contributed by atoms with Gasteiger partial charge < -0.3 is 37.4 Å². The van der Waals surface area contributed by atoms with Gasteiger partial charge in [0, 0.05) is 24.5 Å². The Hall–Kier alpha value is -3.96. The first-order chi connectivity index (χ1) is 26.1. The molecule has 19 heteroatoms. The van der Waals surface area contributed by atoms with E-state index in [1.165, 1.54) is 47.8 Å². The summed E-state index contributed by atoms with van der Waals surface area (Å²) in [6.07, 6.45) is 3.83. The zero-order valence-electron chi connectivity index (χ0n) is 29.5. The number of amidine groups is 2. The minimum absolute atomic E-state index is 0. The summed E-state index contributed by atoms with van der Waals surface area (Å²) >= 11 is 28.4. The third kappa shape index (κ3) is 13.6. The molecule has 292 valence electrons. The first kappa shape index (κ1) is 43.8. The summed E-state index contributed by atoms with van der Waals surface area (Å²) in [5.74, 6) is 0.792. The molecule has 6 rings (SSSR count). The number of benzene rings is 4. The maximum Gasteiger partial charge on any atom is 0.196 e. The molecule has 4 aromatic carbocycles. The molecule has 0 atom stereocenters. The second kappa shape index (κ2) is 22.0. The molecule has 0 aromatic heterocycles. The Balaban J connectivity index is 0.000000240. The Kier molecular flexibility index (Phi) is 17.5. The number of nitrogens with zero attached hydrogens (tertiary/aromatic N) is 4. The standard InChI is InChI=1S/2C18H18Cl2FN5S.H2O/c2*1-27-18(24-10-11-2-4-12(21)5-3-11)25-13-8-14(19)16(15(20)9-13)26-17-22-6-7-23-17;/h2*2-5,8-9H,6-7,10H2,1H3,(H,24,25)(H2,22,23,26);1H2. The third-order valence-electron chi connectivity index (χ3n) is 7.45. The second-order valence-corrected chi connectivity index (χ2v) is 14.6. The lowest BCUT2D eigenvalue weighted by Crippen LogP contribution is -2.26. The highest BCUT2D eigenvalue weighted by Crippen LogP contribution is 2.35. The summed E-state index contributed by atoms with van der Waals surface area (Å²) in [5.41, 5.74) is 4.50. The van der Waals surface area contributed by atoms with Crippen LogP contribution in [0, 0.1) is 11.6 Å². The van der Waals surface area contributed by atoms with E-state index in [4.69, 9.17) is 46.4 Å². The quantitative estimate of drug-likeness (QED) is 0.0759. The fourth-order valence-corrected chi connectivity index (χ4v) is 6.78. The van der Waals surface area contributed by atoms with Gasteiger partial charge in [-0.3, -0.25) is 20.0 Å². The van der Waals surface area contributed by atoms with E-state index in [9.17, 15) is 8.78 Å². The maximum atomic E-state index is 13.0. The Labute approximate surface area is 346 Å². The second-order valence-electron chi connectivity index (χ2n) is 11.3. The average Bonchev–Trinajstić information content (AvgIpc) is 3.88. The van der Waals surface area contributed by atoms with Crippen LogP contribution in [0.4, 0.5) is 31.5 Å². The van der Waals surface area contributed by atoms with Crippen molar-refractivity contribution in [3.8, 4) is 0 Å². The fourth-order valence-electron chi connectivity index (χ4n) is 4.79. The Bertz CT molecular complexity index is 1850. The number of guanidine groups is 2.